The molecule has 11 nitrogen and oxygen atoms in total. The third-order valence-electron chi connectivity index (χ3n) is 4.24. The van der Waals surface area contributed by atoms with Gasteiger partial charge >= 0.3 is 13.5 Å². The summed E-state index contributed by atoms with van der Waals surface area (Å²) >= 11 is 0. The zero-order valence-corrected chi connectivity index (χ0v) is 19.1. The van der Waals surface area contributed by atoms with Crippen LogP contribution in [0.15, 0.2) is 43.0 Å². The van der Waals surface area contributed by atoms with E-state index in [2.05, 4.69) is 20.0 Å². The van der Waals surface area contributed by atoms with E-state index in [1.165, 1.54) is 6.33 Å². The number of fused-ring (bicyclic) bond motifs is 1. The fourth-order valence-electron chi connectivity index (χ4n) is 2.83. The zero-order chi connectivity index (χ0) is 23.1. The van der Waals surface area contributed by atoms with Crippen molar-refractivity contribution in [2.75, 3.05) is 18.6 Å². The van der Waals surface area contributed by atoms with Gasteiger partial charge in [0.1, 0.15) is 30.5 Å². The van der Waals surface area contributed by atoms with Gasteiger partial charge in [0.2, 0.25) is 0 Å². The molecule has 0 spiro atoms. The number of nitrogens with two attached hydrogens (primary N) is 1. The van der Waals surface area contributed by atoms with Crippen LogP contribution >= 0.6 is 7.52 Å². The Morgan fingerprint density at radius 3 is 2.66 bits per heavy atom. The summed E-state index contributed by atoms with van der Waals surface area (Å²) in [6.45, 7) is 5.40. The van der Waals surface area contributed by atoms with Crippen molar-refractivity contribution in [1.82, 2.24) is 24.6 Å². The maximum atomic E-state index is 13.4. The zero-order valence-electron chi connectivity index (χ0n) is 18.2. The van der Waals surface area contributed by atoms with E-state index < -0.39 is 13.5 Å². The molecule has 0 amide bonds. The Hall–Kier alpha value is -3.01. The normalized spacial score (nSPS) is 14.2. The van der Waals surface area contributed by atoms with Crippen LogP contribution in [0.3, 0.4) is 0 Å². The highest BCUT2D eigenvalue weighted by Gasteiger charge is 2.28. The van der Waals surface area contributed by atoms with E-state index in [0.29, 0.717) is 29.3 Å². The number of carbonyl (C=O) groups is 1. The number of benzene rings is 1. The van der Waals surface area contributed by atoms with Crippen molar-refractivity contribution in [3.05, 3.63) is 43.0 Å². The number of carbonyl (C=O) groups excluding carboxylic acids is 1. The molecular weight excluding hydrogens is 435 g/mol. The Kier molecular flexibility index (Phi) is 7.79. The summed E-state index contributed by atoms with van der Waals surface area (Å²) in [4.78, 5) is 24.3. The van der Waals surface area contributed by atoms with Gasteiger partial charge in [0.25, 0.3) is 0 Å². The van der Waals surface area contributed by atoms with Crippen LogP contribution in [0.25, 0.3) is 11.2 Å². The molecule has 0 radical (unpaired) electrons. The van der Waals surface area contributed by atoms with E-state index in [-0.39, 0.29) is 25.1 Å². The minimum Gasteiger partial charge on any atom is -0.462 e. The van der Waals surface area contributed by atoms with E-state index in [9.17, 15) is 9.36 Å². The summed E-state index contributed by atoms with van der Waals surface area (Å²) in [7, 11) is -3.58. The summed E-state index contributed by atoms with van der Waals surface area (Å²) in [5.41, 5.74) is 6.90. The lowest BCUT2D eigenvalue weighted by Gasteiger charge is -2.22. The predicted octanol–water partition coefficient (Wildman–Crippen LogP) is 2.58. The summed E-state index contributed by atoms with van der Waals surface area (Å²) < 4.78 is 31.8. The number of esters is 1. The molecule has 32 heavy (non-hydrogen) atoms. The van der Waals surface area contributed by atoms with Gasteiger partial charge < -0.3 is 24.3 Å². The van der Waals surface area contributed by atoms with E-state index in [4.69, 9.17) is 19.7 Å². The number of hydrogen-bond donors (Lipinski definition) is 2. The van der Waals surface area contributed by atoms with Crippen LogP contribution in [-0.4, -0.2) is 50.6 Å². The molecule has 3 aromatic rings. The lowest BCUT2D eigenvalue weighted by atomic mass is 10.3. The number of nitrogen functional groups attached to an aromatic ring is 1. The third kappa shape index (κ3) is 6.49. The van der Waals surface area contributed by atoms with Gasteiger partial charge in [0.05, 0.1) is 25.1 Å². The summed E-state index contributed by atoms with van der Waals surface area (Å²) in [6, 6.07) is 8.68. The quantitative estimate of drug-likeness (QED) is 0.322. The topological polar surface area (TPSA) is 143 Å². The molecule has 2 aromatic heterocycles. The fraction of sp³-hybridized carbons (Fsp3) is 0.400. The largest absolute Gasteiger partial charge is 0.462 e. The molecule has 172 valence electrons. The second-order valence-corrected chi connectivity index (χ2v) is 9.49. The minimum absolute atomic E-state index is 0.262. The first kappa shape index (κ1) is 23.6. The van der Waals surface area contributed by atoms with Crippen molar-refractivity contribution in [1.29, 1.82) is 0 Å². The highest BCUT2D eigenvalue weighted by atomic mass is 31.2. The van der Waals surface area contributed by atoms with Crippen LogP contribution < -0.4 is 15.3 Å². The van der Waals surface area contributed by atoms with Crippen LogP contribution in [0, 0.1) is 0 Å². The molecule has 0 bridgehead atoms. The molecule has 3 N–H and O–H groups in total. The van der Waals surface area contributed by atoms with E-state index in [0.717, 1.165) is 0 Å². The van der Waals surface area contributed by atoms with Crippen LogP contribution in [0.4, 0.5) is 5.82 Å². The molecular formula is C20H27N6O5P. The average molecular weight is 462 g/mol. The average Bonchev–Trinajstić information content (AvgIpc) is 3.15. The number of ether oxygens (including phenoxy) is 2. The van der Waals surface area contributed by atoms with Crippen LogP contribution in [0.2, 0.25) is 0 Å². The van der Waals surface area contributed by atoms with Crippen LogP contribution in [-0.2, 0) is 25.4 Å². The number of imidazole rings is 1. The van der Waals surface area contributed by atoms with Gasteiger partial charge in [0, 0.05) is 0 Å². The first-order chi connectivity index (χ1) is 15.3. The standard InChI is InChI=1S/C20H27N6O5P/c1-14(2)30-17(27)9-25-32(28,31-16-7-5-4-6-8-16)13-29-15(3)10-26-12-24-18-19(21)22-11-23-20(18)26/h4-8,11-12,14-15H,9-10,13H2,1-3H3,(H,25,28)(H2,21,22,23)/t15-,32?/m1/s1. The molecule has 0 aliphatic carbocycles. The number of rotatable bonds is 11. The Balaban J connectivity index is 1.65. The van der Waals surface area contributed by atoms with Crippen LogP contribution in [0.5, 0.6) is 5.75 Å². The molecule has 1 unspecified atom stereocenters. The molecule has 0 saturated carbocycles. The molecule has 3 rings (SSSR count). The molecule has 12 heteroatoms. The van der Waals surface area contributed by atoms with Gasteiger partial charge in [-0.25, -0.2) is 20.0 Å². The van der Waals surface area contributed by atoms with E-state index >= 15 is 0 Å². The van der Waals surface area contributed by atoms with Crippen molar-refractivity contribution < 1.29 is 23.4 Å². The van der Waals surface area contributed by atoms with Crippen molar-refractivity contribution in [2.24, 2.45) is 0 Å². The molecule has 0 aliphatic rings. The summed E-state index contributed by atoms with van der Waals surface area (Å²) in [5, 5.41) is 2.68. The van der Waals surface area contributed by atoms with Crippen molar-refractivity contribution in [3.63, 3.8) is 0 Å². The maximum Gasteiger partial charge on any atom is 0.342 e. The number of hydrogen-bond acceptors (Lipinski definition) is 9. The maximum absolute atomic E-state index is 13.4. The molecule has 1 aromatic carbocycles. The highest BCUT2D eigenvalue weighted by molar-refractivity contribution is 7.57. The smallest absolute Gasteiger partial charge is 0.342 e. The second kappa shape index (κ2) is 10.5. The highest BCUT2D eigenvalue weighted by Crippen LogP contribution is 2.43. The van der Waals surface area contributed by atoms with Gasteiger partial charge in [-0.15, -0.1) is 0 Å². The van der Waals surface area contributed by atoms with Crippen molar-refractivity contribution in [3.8, 4) is 5.75 Å². The first-order valence-corrected chi connectivity index (χ1v) is 11.9. The molecule has 0 saturated heterocycles. The minimum atomic E-state index is -3.58. The lowest BCUT2D eigenvalue weighted by molar-refractivity contribution is -0.145. The molecule has 2 heterocycles. The summed E-state index contributed by atoms with van der Waals surface area (Å²) in [6.07, 6.45) is 2.04. The number of nitrogens with one attached hydrogen (secondary N) is 1. The van der Waals surface area contributed by atoms with E-state index in [1.807, 2.05) is 13.0 Å². The second-order valence-electron chi connectivity index (χ2n) is 7.39. The lowest BCUT2D eigenvalue weighted by Crippen LogP contribution is -2.29. The summed E-state index contributed by atoms with van der Waals surface area (Å²) in [5.74, 6) is 0.150. The Morgan fingerprint density at radius 1 is 1.19 bits per heavy atom. The number of nitrogens with zero attached hydrogens (tertiary/aromatic N) is 4. The predicted molar refractivity (Wildman–Crippen MR) is 119 cm³/mol. The van der Waals surface area contributed by atoms with Gasteiger partial charge in [-0.3, -0.25) is 9.36 Å². The fourth-order valence-corrected chi connectivity index (χ4v) is 4.32. The molecule has 0 fully saturated rings. The number of para-hydroxylation sites is 1. The van der Waals surface area contributed by atoms with Crippen molar-refractivity contribution in [2.45, 2.75) is 39.5 Å². The van der Waals surface area contributed by atoms with Gasteiger partial charge in [-0.2, -0.15) is 0 Å². The number of anilines is 1. The van der Waals surface area contributed by atoms with Crippen molar-refractivity contribution >= 4 is 30.5 Å². The Labute approximate surface area is 185 Å². The Morgan fingerprint density at radius 2 is 1.94 bits per heavy atom. The molecule has 2 atom stereocenters. The van der Waals surface area contributed by atoms with Gasteiger partial charge in [-0.05, 0) is 32.9 Å². The van der Waals surface area contributed by atoms with Crippen LogP contribution in [0.1, 0.15) is 20.8 Å². The van der Waals surface area contributed by atoms with Gasteiger partial charge in [0.15, 0.2) is 11.5 Å². The first-order valence-electron chi connectivity index (χ1n) is 10.1. The van der Waals surface area contributed by atoms with E-state index in [1.54, 1.807) is 49.0 Å². The monoisotopic (exact) mass is 462 g/mol. The van der Waals surface area contributed by atoms with Gasteiger partial charge in [-0.1, -0.05) is 18.2 Å². The molecule has 0 aliphatic heterocycles. The third-order valence-corrected chi connectivity index (χ3v) is 5.87. The number of aromatic nitrogens is 4. The Bertz CT molecular complexity index is 1090. The SMILES string of the molecule is CC(C)OC(=O)CNP(=O)(CO[C@H](C)Cn1cnc2c(N)ncnc21)Oc1ccccc1.